The molecule has 0 fully saturated rings. The van der Waals surface area contributed by atoms with Crippen molar-refractivity contribution in [2.24, 2.45) is 0 Å². The fourth-order valence-electron chi connectivity index (χ4n) is 2.70. The van der Waals surface area contributed by atoms with Gasteiger partial charge in [-0.2, -0.15) is 0 Å². The van der Waals surface area contributed by atoms with Gasteiger partial charge in [0.15, 0.2) is 11.5 Å². The van der Waals surface area contributed by atoms with E-state index in [1.54, 1.807) is 18.2 Å². The molecule has 0 saturated heterocycles. The summed E-state index contributed by atoms with van der Waals surface area (Å²) in [5.74, 6) is 1.15. The number of nitrogens with zero attached hydrogens (tertiary/aromatic N) is 2. The van der Waals surface area contributed by atoms with Gasteiger partial charge in [0.05, 0.1) is 31.5 Å². The minimum Gasteiger partial charge on any atom is -0.493 e. The van der Waals surface area contributed by atoms with Crippen LogP contribution in [0.3, 0.4) is 0 Å². The SMILES string of the molecule is COCCN(CC(F)F)C(=O)/C=C/c1ccc(OCc2c(C)noc2C)c(OC)c1. The maximum Gasteiger partial charge on any atom is 0.255 e. The van der Waals surface area contributed by atoms with E-state index in [-0.39, 0.29) is 19.8 Å². The Morgan fingerprint density at radius 2 is 2.03 bits per heavy atom. The summed E-state index contributed by atoms with van der Waals surface area (Å²) in [5.41, 5.74) is 2.28. The van der Waals surface area contributed by atoms with Crippen molar-refractivity contribution in [2.45, 2.75) is 26.9 Å². The van der Waals surface area contributed by atoms with Crippen molar-refractivity contribution in [1.29, 1.82) is 0 Å². The summed E-state index contributed by atoms with van der Waals surface area (Å²) in [6.07, 6.45) is 0.166. The molecule has 164 valence electrons. The highest BCUT2D eigenvalue weighted by Crippen LogP contribution is 2.30. The van der Waals surface area contributed by atoms with Crippen molar-refractivity contribution in [1.82, 2.24) is 10.1 Å². The predicted octanol–water partition coefficient (Wildman–Crippen LogP) is 3.63. The van der Waals surface area contributed by atoms with Gasteiger partial charge in [0.2, 0.25) is 5.91 Å². The van der Waals surface area contributed by atoms with Crippen molar-refractivity contribution < 1.29 is 32.3 Å². The molecule has 0 aliphatic rings. The van der Waals surface area contributed by atoms with Crippen LogP contribution in [0.25, 0.3) is 6.08 Å². The van der Waals surface area contributed by atoms with Gasteiger partial charge in [0, 0.05) is 19.7 Å². The summed E-state index contributed by atoms with van der Waals surface area (Å²) in [4.78, 5) is 13.3. The highest BCUT2D eigenvalue weighted by Gasteiger charge is 2.16. The summed E-state index contributed by atoms with van der Waals surface area (Å²) >= 11 is 0. The molecular formula is C21H26F2N2O5. The average molecular weight is 424 g/mol. The number of halogens is 2. The first-order valence-corrected chi connectivity index (χ1v) is 9.32. The van der Waals surface area contributed by atoms with Gasteiger partial charge in [-0.15, -0.1) is 0 Å². The number of alkyl halides is 2. The number of methoxy groups -OCH3 is 2. The molecule has 9 heteroatoms. The summed E-state index contributed by atoms with van der Waals surface area (Å²) in [6, 6.07) is 5.14. The Labute approximate surface area is 174 Å². The summed E-state index contributed by atoms with van der Waals surface area (Å²) < 4.78 is 46.6. The molecule has 0 aliphatic carbocycles. The van der Waals surface area contributed by atoms with Gasteiger partial charge in [-0.3, -0.25) is 4.79 Å². The molecule has 1 amide bonds. The van der Waals surface area contributed by atoms with Gasteiger partial charge in [0.1, 0.15) is 12.4 Å². The lowest BCUT2D eigenvalue weighted by Crippen LogP contribution is -2.36. The second kappa shape index (κ2) is 11.3. The van der Waals surface area contributed by atoms with E-state index < -0.39 is 18.9 Å². The standard InChI is InChI=1S/C21H26F2N2O5/c1-14-17(15(2)30-24-14)13-29-18-7-5-16(11-19(18)28-4)6-8-21(26)25(9-10-27-3)12-20(22)23/h5-8,11,20H,9-10,12-13H2,1-4H3/b8-6+. The zero-order valence-electron chi connectivity index (χ0n) is 17.5. The van der Waals surface area contributed by atoms with Crippen molar-refractivity contribution in [3.63, 3.8) is 0 Å². The molecule has 1 heterocycles. The van der Waals surface area contributed by atoms with Crippen LogP contribution >= 0.6 is 0 Å². The van der Waals surface area contributed by atoms with Crippen LogP contribution in [0.2, 0.25) is 0 Å². The molecule has 2 aromatic rings. The molecule has 0 atom stereocenters. The lowest BCUT2D eigenvalue weighted by Gasteiger charge is -2.20. The van der Waals surface area contributed by atoms with Crippen LogP contribution in [0.1, 0.15) is 22.6 Å². The molecule has 0 aliphatic heterocycles. The molecule has 0 spiro atoms. The van der Waals surface area contributed by atoms with E-state index in [9.17, 15) is 13.6 Å². The maximum absolute atomic E-state index is 12.7. The van der Waals surface area contributed by atoms with E-state index in [2.05, 4.69) is 5.16 Å². The smallest absolute Gasteiger partial charge is 0.255 e. The topological polar surface area (TPSA) is 74.0 Å². The van der Waals surface area contributed by atoms with Crippen molar-refractivity contribution in [3.8, 4) is 11.5 Å². The summed E-state index contributed by atoms with van der Waals surface area (Å²) in [7, 11) is 2.95. The molecule has 1 aromatic carbocycles. The molecule has 2 rings (SSSR count). The number of rotatable bonds is 11. The first-order chi connectivity index (χ1) is 14.3. The van der Waals surface area contributed by atoms with E-state index in [0.29, 0.717) is 22.8 Å². The molecule has 0 N–H and O–H groups in total. The fourth-order valence-corrected chi connectivity index (χ4v) is 2.70. The number of hydrogen-bond donors (Lipinski definition) is 0. The van der Waals surface area contributed by atoms with Crippen molar-refractivity contribution >= 4 is 12.0 Å². The zero-order valence-corrected chi connectivity index (χ0v) is 17.5. The third kappa shape index (κ3) is 6.55. The Bertz CT molecular complexity index is 848. The number of amides is 1. The summed E-state index contributed by atoms with van der Waals surface area (Å²) in [6.45, 7) is 3.53. The van der Waals surface area contributed by atoms with Gasteiger partial charge in [-0.25, -0.2) is 8.78 Å². The van der Waals surface area contributed by atoms with Crippen LogP contribution in [0.4, 0.5) is 8.78 Å². The Balaban J connectivity index is 2.08. The minimum absolute atomic E-state index is 0.0851. The van der Waals surface area contributed by atoms with Gasteiger partial charge in [-0.1, -0.05) is 11.2 Å². The Morgan fingerprint density at radius 1 is 1.27 bits per heavy atom. The number of benzene rings is 1. The van der Waals surface area contributed by atoms with E-state index in [1.165, 1.54) is 26.4 Å². The van der Waals surface area contributed by atoms with Crippen LogP contribution in [0.5, 0.6) is 11.5 Å². The van der Waals surface area contributed by atoms with E-state index in [1.807, 2.05) is 13.8 Å². The summed E-state index contributed by atoms with van der Waals surface area (Å²) in [5, 5.41) is 3.89. The van der Waals surface area contributed by atoms with E-state index >= 15 is 0 Å². The molecule has 0 saturated carbocycles. The quantitative estimate of drug-likeness (QED) is 0.513. The highest BCUT2D eigenvalue weighted by atomic mass is 19.3. The van der Waals surface area contributed by atoms with Crippen molar-refractivity contribution in [3.05, 3.63) is 46.9 Å². The number of hydrogen-bond acceptors (Lipinski definition) is 6. The maximum atomic E-state index is 12.7. The number of aryl methyl sites for hydroxylation is 2. The fraction of sp³-hybridized carbons (Fsp3) is 0.429. The monoisotopic (exact) mass is 424 g/mol. The van der Waals surface area contributed by atoms with E-state index in [0.717, 1.165) is 16.2 Å². The second-order valence-corrected chi connectivity index (χ2v) is 6.50. The Kier molecular flexibility index (Phi) is 8.79. The van der Waals surface area contributed by atoms with Crippen LogP contribution in [-0.2, 0) is 16.1 Å². The molecule has 0 radical (unpaired) electrons. The number of aromatic nitrogens is 1. The van der Waals surface area contributed by atoms with Crippen LogP contribution in [-0.4, -0.2) is 56.3 Å². The lowest BCUT2D eigenvalue weighted by molar-refractivity contribution is -0.128. The van der Waals surface area contributed by atoms with Crippen LogP contribution in [0, 0.1) is 13.8 Å². The third-order valence-electron chi connectivity index (χ3n) is 4.39. The van der Waals surface area contributed by atoms with Gasteiger partial charge >= 0.3 is 0 Å². The Hall–Kier alpha value is -2.94. The average Bonchev–Trinajstić information content (AvgIpc) is 3.05. The number of carbonyl (C=O) groups excluding carboxylic acids is 1. The second-order valence-electron chi connectivity index (χ2n) is 6.50. The zero-order chi connectivity index (χ0) is 22.1. The van der Waals surface area contributed by atoms with Gasteiger partial charge < -0.3 is 23.6 Å². The predicted molar refractivity (Wildman–Crippen MR) is 107 cm³/mol. The molecule has 30 heavy (non-hydrogen) atoms. The van der Waals surface area contributed by atoms with E-state index in [4.69, 9.17) is 18.7 Å². The lowest BCUT2D eigenvalue weighted by atomic mass is 10.1. The van der Waals surface area contributed by atoms with Gasteiger partial charge in [0.25, 0.3) is 6.43 Å². The first kappa shape index (κ1) is 23.3. The molecule has 1 aromatic heterocycles. The normalized spacial score (nSPS) is 11.3. The number of ether oxygens (including phenoxy) is 3. The number of carbonyl (C=O) groups is 1. The third-order valence-corrected chi connectivity index (χ3v) is 4.39. The molecule has 7 nitrogen and oxygen atoms in total. The van der Waals surface area contributed by atoms with Crippen molar-refractivity contribution in [2.75, 3.05) is 33.9 Å². The van der Waals surface area contributed by atoms with Crippen LogP contribution < -0.4 is 9.47 Å². The van der Waals surface area contributed by atoms with Gasteiger partial charge in [-0.05, 0) is 37.6 Å². The van der Waals surface area contributed by atoms with Crippen LogP contribution in [0.15, 0.2) is 28.8 Å². The largest absolute Gasteiger partial charge is 0.493 e. The molecular weight excluding hydrogens is 398 g/mol. The Morgan fingerprint density at radius 3 is 2.63 bits per heavy atom. The minimum atomic E-state index is -2.62. The molecule has 0 unspecified atom stereocenters. The highest BCUT2D eigenvalue weighted by molar-refractivity contribution is 5.91. The first-order valence-electron chi connectivity index (χ1n) is 9.32. The molecule has 0 bridgehead atoms.